The summed E-state index contributed by atoms with van der Waals surface area (Å²) in [6.07, 6.45) is 5.95. The van der Waals surface area contributed by atoms with Crippen LogP contribution in [0.25, 0.3) is 10.8 Å². The zero-order valence-corrected chi connectivity index (χ0v) is 21.5. The summed E-state index contributed by atoms with van der Waals surface area (Å²) in [5.41, 5.74) is -0.683. The molecule has 1 saturated heterocycles. The van der Waals surface area contributed by atoms with Crippen LogP contribution in [0.3, 0.4) is 0 Å². The van der Waals surface area contributed by atoms with Gasteiger partial charge in [0.1, 0.15) is 11.6 Å². The number of alkyl halides is 3. The highest BCUT2D eigenvalue weighted by atomic mass is 19.4. The summed E-state index contributed by atoms with van der Waals surface area (Å²) in [7, 11) is 0. The Balaban J connectivity index is 1.38. The maximum Gasteiger partial charge on any atom is 0.458 e. The molecule has 2 fully saturated rings. The first-order chi connectivity index (χ1) is 18.1. The van der Waals surface area contributed by atoms with Crippen LogP contribution in [-0.4, -0.2) is 12.8 Å². The summed E-state index contributed by atoms with van der Waals surface area (Å²) in [6, 6.07) is 3.32. The first kappa shape index (κ1) is 28.4. The Kier molecular flexibility index (Phi) is 9.32. The zero-order valence-electron chi connectivity index (χ0n) is 21.5. The van der Waals surface area contributed by atoms with Crippen molar-refractivity contribution in [2.75, 3.05) is 6.61 Å². The van der Waals surface area contributed by atoms with Crippen molar-refractivity contribution >= 4 is 10.8 Å². The van der Waals surface area contributed by atoms with Gasteiger partial charge in [0.25, 0.3) is 0 Å². The topological polar surface area (TPSA) is 9.23 Å². The quantitative estimate of drug-likeness (QED) is 0.211. The minimum atomic E-state index is -4.93. The lowest BCUT2D eigenvalue weighted by Crippen LogP contribution is -2.20. The van der Waals surface area contributed by atoms with Crippen molar-refractivity contribution in [3.8, 4) is 23.7 Å². The van der Waals surface area contributed by atoms with Crippen molar-refractivity contribution in [1.82, 2.24) is 0 Å². The molecule has 7 heteroatoms. The van der Waals surface area contributed by atoms with Crippen LogP contribution in [0, 0.1) is 58.9 Å². The Hall–Kier alpha value is -2.64. The molecule has 1 heterocycles. The molecule has 0 aromatic heterocycles. The van der Waals surface area contributed by atoms with E-state index in [1.54, 1.807) is 0 Å². The molecule has 38 heavy (non-hydrogen) atoms. The van der Waals surface area contributed by atoms with E-state index in [9.17, 15) is 26.3 Å². The van der Waals surface area contributed by atoms with Gasteiger partial charge in [0, 0.05) is 17.8 Å². The molecular formula is C31H32F6O. The van der Waals surface area contributed by atoms with Gasteiger partial charge in [-0.1, -0.05) is 50.4 Å². The summed E-state index contributed by atoms with van der Waals surface area (Å²) in [6.45, 7) is 2.61. The average molecular weight is 535 g/mol. The smallest absolute Gasteiger partial charge is 0.372 e. The summed E-state index contributed by atoms with van der Waals surface area (Å²) in [5, 5.41) is -0.690. The molecule has 2 aromatic carbocycles. The number of halogens is 6. The Morgan fingerprint density at radius 2 is 1.58 bits per heavy atom. The molecule has 0 radical (unpaired) electrons. The number of ether oxygens (including phenoxy) is 1. The summed E-state index contributed by atoms with van der Waals surface area (Å²) >= 11 is 0. The van der Waals surface area contributed by atoms with E-state index in [1.807, 2.05) is 0 Å². The van der Waals surface area contributed by atoms with E-state index in [2.05, 4.69) is 18.8 Å². The number of unbranched alkanes of at least 4 members (excludes halogenated alkanes) is 2. The normalized spacial score (nSPS) is 23.9. The van der Waals surface area contributed by atoms with Crippen molar-refractivity contribution in [1.29, 1.82) is 0 Å². The molecule has 1 saturated carbocycles. The molecule has 1 aliphatic heterocycles. The number of fused-ring (bicyclic) bond motifs is 1. The fourth-order valence-electron chi connectivity index (χ4n) is 5.51. The van der Waals surface area contributed by atoms with Crippen molar-refractivity contribution in [3.63, 3.8) is 0 Å². The van der Waals surface area contributed by atoms with E-state index in [-0.39, 0.29) is 11.3 Å². The van der Waals surface area contributed by atoms with Gasteiger partial charge in [-0.05, 0) is 73.6 Å². The van der Waals surface area contributed by atoms with Crippen LogP contribution < -0.4 is 0 Å². The molecule has 0 N–H and O–H groups in total. The molecule has 2 unspecified atom stereocenters. The van der Waals surface area contributed by atoms with Gasteiger partial charge in [0.2, 0.25) is 0 Å². The van der Waals surface area contributed by atoms with Crippen LogP contribution in [0.2, 0.25) is 0 Å². The lowest BCUT2D eigenvalue weighted by atomic mass is 9.80. The Bertz CT molecular complexity index is 1240. The fraction of sp³-hybridized carbons (Fsp3) is 0.548. The van der Waals surface area contributed by atoms with E-state index < -0.39 is 40.7 Å². The molecule has 0 spiro atoms. The van der Waals surface area contributed by atoms with Crippen molar-refractivity contribution in [2.24, 2.45) is 17.8 Å². The van der Waals surface area contributed by atoms with E-state index in [1.165, 1.54) is 50.5 Å². The minimum Gasteiger partial charge on any atom is -0.372 e. The number of hydrogen-bond donors (Lipinski definition) is 0. The SMILES string of the molecule is CCCCCC1CCC(C#CC2CCC(c3cc(F)c4c(F)c(C#CC(F)(F)F)c(F)cc4c3)OC2)CC1. The molecule has 2 aromatic rings. The van der Waals surface area contributed by atoms with Crippen molar-refractivity contribution in [2.45, 2.75) is 83.4 Å². The molecule has 1 aliphatic carbocycles. The lowest BCUT2D eigenvalue weighted by molar-refractivity contribution is -0.0696. The van der Waals surface area contributed by atoms with Crippen LogP contribution in [0.15, 0.2) is 18.2 Å². The van der Waals surface area contributed by atoms with Crippen LogP contribution in [0.1, 0.15) is 88.4 Å². The number of rotatable bonds is 5. The molecule has 0 bridgehead atoms. The molecule has 1 nitrogen and oxygen atoms in total. The fourth-order valence-corrected chi connectivity index (χ4v) is 5.51. The van der Waals surface area contributed by atoms with Gasteiger partial charge in [0.05, 0.1) is 23.7 Å². The molecular weight excluding hydrogens is 502 g/mol. The molecule has 4 rings (SSSR count). The summed E-state index contributed by atoms with van der Waals surface area (Å²) in [4.78, 5) is 0. The predicted molar refractivity (Wildman–Crippen MR) is 136 cm³/mol. The van der Waals surface area contributed by atoms with Crippen LogP contribution in [0.5, 0.6) is 0 Å². The first-order valence-corrected chi connectivity index (χ1v) is 13.5. The second kappa shape index (κ2) is 12.5. The van der Waals surface area contributed by atoms with Gasteiger partial charge in [0.15, 0.2) is 5.82 Å². The molecule has 2 aliphatic rings. The minimum absolute atomic E-state index is 0.0866. The maximum atomic E-state index is 14.9. The van der Waals surface area contributed by atoms with Gasteiger partial charge in [-0.15, -0.1) is 0 Å². The summed E-state index contributed by atoms with van der Waals surface area (Å²) < 4.78 is 87.0. The van der Waals surface area contributed by atoms with E-state index in [0.717, 1.165) is 43.2 Å². The van der Waals surface area contributed by atoms with Crippen LogP contribution in [0.4, 0.5) is 26.3 Å². The number of hydrogen-bond acceptors (Lipinski definition) is 1. The third-order valence-electron chi connectivity index (χ3n) is 7.63. The van der Waals surface area contributed by atoms with Crippen LogP contribution >= 0.6 is 0 Å². The third-order valence-corrected chi connectivity index (χ3v) is 7.63. The standard InChI is InChI=1S/C31H32F6O/c1-2-3-4-5-20-6-8-21(9-7-20)10-11-22-12-13-28(38-19-22)23-16-24-18-26(32)25(14-15-31(35,36)37)30(34)29(24)27(33)17-23/h16-18,20-22,28H,2-9,12-13,19H2,1H3. The molecule has 2 atom stereocenters. The van der Waals surface area contributed by atoms with Crippen molar-refractivity contribution < 1.29 is 31.1 Å². The third kappa shape index (κ3) is 7.26. The first-order valence-electron chi connectivity index (χ1n) is 13.5. The van der Waals surface area contributed by atoms with E-state index in [0.29, 0.717) is 24.5 Å². The highest BCUT2D eigenvalue weighted by Gasteiger charge is 2.26. The van der Waals surface area contributed by atoms with E-state index in [4.69, 9.17) is 4.74 Å². The Labute approximate surface area is 220 Å². The van der Waals surface area contributed by atoms with Gasteiger partial charge < -0.3 is 4.74 Å². The van der Waals surface area contributed by atoms with Gasteiger partial charge in [-0.25, -0.2) is 13.2 Å². The average Bonchev–Trinajstić information content (AvgIpc) is 2.87. The maximum absolute atomic E-state index is 14.9. The van der Waals surface area contributed by atoms with E-state index >= 15 is 0 Å². The number of benzene rings is 2. The van der Waals surface area contributed by atoms with Crippen LogP contribution in [-0.2, 0) is 4.74 Å². The predicted octanol–water partition coefficient (Wildman–Crippen LogP) is 9.03. The lowest BCUT2D eigenvalue weighted by Gasteiger charge is -2.28. The highest BCUT2D eigenvalue weighted by Crippen LogP contribution is 2.36. The largest absolute Gasteiger partial charge is 0.458 e. The second-order valence-corrected chi connectivity index (χ2v) is 10.5. The van der Waals surface area contributed by atoms with Crippen molar-refractivity contribution in [3.05, 3.63) is 46.8 Å². The molecule has 204 valence electrons. The summed E-state index contributed by atoms with van der Waals surface area (Å²) in [5.74, 6) is 6.72. The molecule has 0 amide bonds. The highest BCUT2D eigenvalue weighted by molar-refractivity contribution is 5.86. The van der Waals surface area contributed by atoms with Gasteiger partial charge >= 0.3 is 6.18 Å². The Morgan fingerprint density at radius 1 is 0.868 bits per heavy atom. The zero-order chi connectivity index (χ0) is 27.3. The van der Waals surface area contributed by atoms with Gasteiger partial charge in [-0.3, -0.25) is 0 Å². The monoisotopic (exact) mass is 534 g/mol. The van der Waals surface area contributed by atoms with Gasteiger partial charge in [-0.2, -0.15) is 13.2 Å². The second-order valence-electron chi connectivity index (χ2n) is 10.5. The Morgan fingerprint density at radius 3 is 2.24 bits per heavy atom.